The Morgan fingerprint density at radius 2 is 1.96 bits per heavy atom. The summed E-state index contributed by atoms with van der Waals surface area (Å²) >= 11 is 0. The van der Waals surface area contributed by atoms with E-state index in [1.807, 2.05) is 6.07 Å². The van der Waals surface area contributed by atoms with E-state index in [2.05, 4.69) is 66.7 Å². The summed E-state index contributed by atoms with van der Waals surface area (Å²) in [4.78, 5) is 4.65. The summed E-state index contributed by atoms with van der Waals surface area (Å²) in [5.74, 6) is 1.60. The molecule has 2 rings (SSSR count). The molecule has 5 nitrogen and oxygen atoms in total. The molecule has 1 aromatic carbocycles. The van der Waals surface area contributed by atoms with Crippen LogP contribution in [0.1, 0.15) is 42.0 Å². The van der Waals surface area contributed by atoms with Crippen LogP contribution in [0, 0.1) is 13.8 Å². The standard InChI is InChI=1S/C18H26N4O.HI/c1-5-16-10-17(23-22-16)12-21-18(19-6-2)20-11-15-8-7-13(3)9-14(15)4;/h7-10H,5-6,11-12H2,1-4H3,(H2,19,20,21);1H. The van der Waals surface area contributed by atoms with Gasteiger partial charge >= 0.3 is 0 Å². The molecule has 1 heterocycles. The maximum absolute atomic E-state index is 5.28. The summed E-state index contributed by atoms with van der Waals surface area (Å²) in [5, 5.41) is 10.5. The molecule has 132 valence electrons. The second-order valence-electron chi connectivity index (χ2n) is 5.62. The van der Waals surface area contributed by atoms with Crippen LogP contribution in [0.5, 0.6) is 0 Å². The number of aliphatic imine (C=N–C) groups is 1. The van der Waals surface area contributed by atoms with Crippen LogP contribution >= 0.6 is 24.0 Å². The molecule has 2 aromatic rings. The number of aryl methyl sites for hydroxylation is 3. The van der Waals surface area contributed by atoms with Crippen molar-refractivity contribution in [3.8, 4) is 0 Å². The summed E-state index contributed by atoms with van der Waals surface area (Å²) < 4.78 is 5.28. The van der Waals surface area contributed by atoms with Gasteiger partial charge in [-0.25, -0.2) is 4.99 Å². The third-order valence-corrected chi connectivity index (χ3v) is 3.65. The third kappa shape index (κ3) is 6.14. The van der Waals surface area contributed by atoms with Crippen LogP contribution < -0.4 is 10.6 Å². The highest BCUT2D eigenvalue weighted by Gasteiger charge is 2.04. The molecule has 0 spiro atoms. The van der Waals surface area contributed by atoms with Crippen LogP contribution in [0.3, 0.4) is 0 Å². The predicted molar refractivity (Wildman–Crippen MR) is 109 cm³/mol. The first kappa shape index (κ1) is 20.5. The van der Waals surface area contributed by atoms with Crippen LogP contribution in [-0.4, -0.2) is 17.7 Å². The van der Waals surface area contributed by atoms with E-state index < -0.39 is 0 Å². The number of aromatic nitrogens is 1. The predicted octanol–water partition coefficient (Wildman–Crippen LogP) is 3.73. The van der Waals surface area contributed by atoms with Gasteiger partial charge < -0.3 is 15.2 Å². The lowest BCUT2D eigenvalue weighted by atomic mass is 10.1. The van der Waals surface area contributed by atoms with E-state index in [4.69, 9.17) is 4.52 Å². The summed E-state index contributed by atoms with van der Waals surface area (Å²) in [6.45, 7) is 10.4. The Morgan fingerprint density at radius 1 is 1.17 bits per heavy atom. The van der Waals surface area contributed by atoms with Crippen LogP contribution in [0.2, 0.25) is 0 Å². The minimum Gasteiger partial charge on any atom is -0.359 e. The monoisotopic (exact) mass is 442 g/mol. The summed E-state index contributed by atoms with van der Waals surface area (Å²) in [6, 6.07) is 8.42. The summed E-state index contributed by atoms with van der Waals surface area (Å²) in [6.07, 6.45) is 0.879. The molecule has 0 bridgehead atoms. The highest BCUT2D eigenvalue weighted by Crippen LogP contribution is 2.11. The van der Waals surface area contributed by atoms with Gasteiger partial charge in [0.1, 0.15) is 0 Å². The fourth-order valence-electron chi connectivity index (χ4n) is 2.31. The molecule has 0 unspecified atom stereocenters. The number of rotatable bonds is 6. The van der Waals surface area contributed by atoms with Gasteiger partial charge in [0.15, 0.2) is 11.7 Å². The normalized spacial score (nSPS) is 11.1. The minimum absolute atomic E-state index is 0. The zero-order valence-corrected chi connectivity index (χ0v) is 17.2. The Labute approximate surface area is 161 Å². The quantitative estimate of drug-likeness (QED) is 0.407. The molecule has 0 radical (unpaired) electrons. The second-order valence-corrected chi connectivity index (χ2v) is 5.62. The number of guanidine groups is 1. The maximum Gasteiger partial charge on any atom is 0.191 e. The first-order chi connectivity index (χ1) is 11.1. The summed E-state index contributed by atoms with van der Waals surface area (Å²) in [5.41, 5.74) is 4.75. The van der Waals surface area contributed by atoms with Crippen molar-refractivity contribution in [2.75, 3.05) is 6.54 Å². The van der Waals surface area contributed by atoms with E-state index in [-0.39, 0.29) is 24.0 Å². The first-order valence-corrected chi connectivity index (χ1v) is 8.15. The van der Waals surface area contributed by atoms with Crippen molar-refractivity contribution in [1.82, 2.24) is 15.8 Å². The van der Waals surface area contributed by atoms with Gasteiger partial charge in [-0.15, -0.1) is 24.0 Å². The lowest BCUT2D eigenvalue weighted by Gasteiger charge is -2.10. The van der Waals surface area contributed by atoms with Gasteiger partial charge in [0, 0.05) is 12.6 Å². The molecule has 0 saturated carbocycles. The molecule has 24 heavy (non-hydrogen) atoms. The molecule has 0 aliphatic rings. The maximum atomic E-state index is 5.28. The van der Waals surface area contributed by atoms with E-state index in [9.17, 15) is 0 Å². The average Bonchev–Trinajstić information content (AvgIpc) is 2.99. The molecular weight excluding hydrogens is 415 g/mol. The van der Waals surface area contributed by atoms with E-state index in [1.54, 1.807) is 0 Å². The number of nitrogens with zero attached hydrogens (tertiary/aromatic N) is 2. The first-order valence-electron chi connectivity index (χ1n) is 8.15. The zero-order chi connectivity index (χ0) is 16.7. The number of hydrogen-bond donors (Lipinski definition) is 2. The molecule has 0 saturated heterocycles. The van der Waals surface area contributed by atoms with Gasteiger partial charge in [0.05, 0.1) is 18.8 Å². The second kappa shape index (κ2) is 10.3. The highest BCUT2D eigenvalue weighted by molar-refractivity contribution is 14.0. The van der Waals surface area contributed by atoms with Gasteiger partial charge in [-0.05, 0) is 38.3 Å². The van der Waals surface area contributed by atoms with Crippen LogP contribution in [0.4, 0.5) is 0 Å². The SMILES string of the molecule is CCNC(=NCc1ccc(C)cc1C)NCc1cc(CC)no1.I. The van der Waals surface area contributed by atoms with Gasteiger partial charge in [0.2, 0.25) is 0 Å². The van der Waals surface area contributed by atoms with Crippen LogP contribution in [0.15, 0.2) is 33.8 Å². The molecule has 2 N–H and O–H groups in total. The lowest BCUT2D eigenvalue weighted by Crippen LogP contribution is -2.36. The van der Waals surface area contributed by atoms with E-state index in [1.165, 1.54) is 16.7 Å². The van der Waals surface area contributed by atoms with Crippen LogP contribution in [-0.2, 0) is 19.5 Å². The minimum atomic E-state index is 0. The van der Waals surface area contributed by atoms with Crippen molar-refractivity contribution in [2.24, 2.45) is 4.99 Å². The van der Waals surface area contributed by atoms with Gasteiger partial charge in [-0.3, -0.25) is 0 Å². The van der Waals surface area contributed by atoms with Gasteiger partial charge in [-0.2, -0.15) is 0 Å². The largest absolute Gasteiger partial charge is 0.359 e. The zero-order valence-electron chi connectivity index (χ0n) is 14.8. The highest BCUT2D eigenvalue weighted by atomic mass is 127. The van der Waals surface area contributed by atoms with Gasteiger partial charge in [-0.1, -0.05) is 35.8 Å². The average molecular weight is 442 g/mol. The van der Waals surface area contributed by atoms with E-state index in [0.29, 0.717) is 13.1 Å². The van der Waals surface area contributed by atoms with Gasteiger partial charge in [0.25, 0.3) is 0 Å². The molecule has 0 atom stereocenters. The number of hydrogen-bond acceptors (Lipinski definition) is 3. The fourth-order valence-corrected chi connectivity index (χ4v) is 2.31. The Morgan fingerprint density at radius 3 is 2.58 bits per heavy atom. The number of nitrogens with one attached hydrogen (secondary N) is 2. The van der Waals surface area contributed by atoms with Crippen LogP contribution in [0.25, 0.3) is 0 Å². The Hall–Kier alpha value is -1.57. The molecular formula is C18H27IN4O. The van der Waals surface area contributed by atoms with E-state index in [0.717, 1.165) is 30.4 Å². The number of halogens is 1. The number of benzene rings is 1. The molecule has 0 aliphatic carbocycles. The molecule has 0 amide bonds. The molecule has 0 aliphatic heterocycles. The van der Waals surface area contributed by atoms with Crippen molar-refractivity contribution in [3.63, 3.8) is 0 Å². The fraction of sp³-hybridized carbons (Fsp3) is 0.444. The topological polar surface area (TPSA) is 62.5 Å². The molecule has 1 aromatic heterocycles. The van der Waals surface area contributed by atoms with Crippen molar-refractivity contribution in [1.29, 1.82) is 0 Å². The molecule has 6 heteroatoms. The third-order valence-electron chi connectivity index (χ3n) is 3.65. The Kier molecular flexibility index (Phi) is 8.81. The van der Waals surface area contributed by atoms with Crippen molar-refractivity contribution >= 4 is 29.9 Å². The smallest absolute Gasteiger partial charge is 0.191 e. The van der Waals surface area contributed by atoms with Crippen molar-refractivity contribution in [3.05, 3.63) is 52.4 Å². The lowest BCUT2D eigenvalue weighted by molar-refractivity contribution is 0.374. The molecule has 0 fully saturated rings. The van der Waals surface area contributed by atoms with E-state index >= 15 is 0 Å². The Bertz CT molecular complexity index is 667. The summed E-state index contributed by atoms with van der Waals surface area (Å²) in [7, 11) is 0. The van der Waals surface area contributed by atoms with Crippen molar-refractivity contribution in [2.45, 2.75) is 47.2 Å². The Balaban J connectivity index is 0.00000288. The van der Waals surface area contributed by atoms with Crippen molar-refractivity contribution < 1.29 is 4.52 Å².